The molecule has 0 atom stereocenters. The van der Waals surface area contributed by atoms with Crippen molar-refractivity contribution in [1.29, 1.82) is 0 Å². The summed E-state index contributed by atoms with van der Waals surface area (Å²) in [6.45, 7) is 7.77. The molecule has 1 amide bonds. The number of nitrogens with zero attached hydrogens (tertiary/aromatic N) is 2. The second kappa shape index (κ2) is 5.20. The molecule has 0 aromatic carbocycles. The number of carbonyl (C=O) groups excluding carboxylic acids is 1. The van der Waals surface area contributed by atoms with Gasteiger partial charge in [-0.1, -0.05) is 0 Å². The van der Waals surface area contributed by atoms with Crippen LogP contribution in [0.25, 0.3) is 0 Å². The summed E-state index contributed by atoms with van der Waals surface area (Å²) in [5.41, 5.74) is 5.63. The second-order valence-electron chi connectivity index (χ2n) is 4.94. The molecule has 0 saturated heterocycles. The standard InChI is InChI=1S/C12H21N5O/c1-7-9(14-5)16-8(2)17-10(7)15-6-12(3,4)11(13)18/h6H2,1-5H3,(H2,13,18)(H2,14,15,16,17). The number of carbonyl (C=O) groups is 1. The van der Waals surface area contributed by atoms with Gasteiger partial charge < -0.3 is 16.4 Å². The molecule has 1 aromatic rings. The van der Waals surface area contributed by atoms with Crippen molar-refractivity contribution in [3.63, 3.8) is 0 Å². The van der Waals surface area contributed by atoms with Crippen LogP contribution in [0.2, 0.25) is 0 Å². The minimum atomic E-state index is -0.620. The van der Waals surface area contributed by atoms with Gasteiger partial charge in [-0.2, -0.15) is 0 Å². The van der Waals surface area contributed by atoms with E-state index in [1.54, 1.807) is 13.8 Å². The van der Waals surface area contributed by atoms with E-state index in [4.69, 9.17) is 5.73 Å². The average molecular weight is 251 g/mol. The van der Waals surface area contributed by atoms with Gasteiger partial charge in [0.1, 0.15) is 17.5 Å². The van der Waals surface area contributed by atoms with Crippen LogP contribution in [0.3, 0.4) is 0 Å². The highest BCUT2D eigenvalue weighted by Crippen LogP contribution is 2.21. The topological polar surface area (TPSA) is 92.9 Å². The lowest BCUT2D eigenvalue weighted by Crippen LogP contribution is -2.37. The van der Waals surface area contributed by atoms with Crippen molar-refractivity contribution in [2.45, 2.75) is 27.7 Å². The molecular formula is C12H21N5O. The Hall–Kier alpha value is -1.85. The SMILES string of the molecule is CNc1nc(C)nc(NCC(C)(C)C(N)=O)c1C. The smallest absolute Gasteiger partial charge is 0.224 e. The van der Waals surface area contributed by atoms with Gasteiger partial charge in [0.2, 0.25) is 5.91 Å². The Labute approximate surface area is 107 Å². The first-order chi connectivity index (χ1) is 8.27. The molecule has 100 valence electrons. The van der Waals surface area contributed by atoms with E-state index in [9.17, 15) is 4.79 Å². The van der Waals surface area contributed by atoms with Gasteiger partial charge in [-0.15, -0.1) is 0 Å². The molecule has 1 heterocycles. The molecule has 4 N–H and O–H groups in total. The Morgan fingerprint density at radius 3 is 2.33 bits per heavy atom. The van der Waals surface area contributed by atoms with Gasteiger partial charge in [-0.05, 0) is 27.7 Å². The molecule has 0 unspecified atom stereocenters. The van der Waals surface area contributed by atoms with Gasteiger partial charge >= 0.3 is 0 Å². The summed E-state index contributed by atoms with van der Waals surface area (Å²) in [6.07, 6.45) is 0. The highest BCUT2D eigenvalue weighted by atomic mass is 16.1. The summed E-state index contributed by atoms with van der Waals surface area (Å²) < 4.78 is 0. The molecule has 0 aliphatic heterocycles. The first-order valence-electron chi connectivity index (χ1n) is 5.84. The first-order valence-corrected chi connectivity index (χ1v) is 5.84. The second-order valence-corrected chi connectivity index (χ2v) is 4.94. The van der Waals surface area contributed by atoms with Crippen molar-refractivity contribution < 1.29 is 4.79 Å². The third kappa shape index (κ3) is 3.09. The molecule has 0 radical (unpaired) electrons. The van der Waals surface area contributed by atoms with E-state index in [0.29, 0.717) is 12.4 Å². The lowest BCUT2D eigenvalue weighted by molar-refractivity contribution is -0.125. The summed E-state index contributed by atoms with van der Waals surface area (Å²) in [4.78, 5) is 19.9. The van der Waals surface area contributed by atoms with E-state index in [1.807, 2.05) is 20.9 Å². The van der Waals surface area contributed by atoms with Gasteiger partial charge in [0.25, 0.3) is 0 Å². The molecule has 1 aromatic heterocycles. The van der Waals surface area contributed by atoms with Crippen LogP contribution >= 0.6 is 0 Å². The number of primary amides is 1. The predicted molar refractivity (Wildman–Crippen MR) is 72.5 cm³/mol. The Bertz CT molecular complexity index is 456. The maximum atomic E-state index is 11.3. The van der Waals surface area contributed by atoms with Crippen LogP contribution in [0.1, 0.15) is 25.2 Å². The Morgan fingerprint density at radius 1 is 1.28 bits per heavy atom. The number of anilines is 2. The number of nitrogens with two attached hydrogens (primary N) is 1. The minimum Gasteiger partial charge on any atom is -0.373 e. The van der Waals surface area contributed by atoms with Crippen molar-refractivity contribution in [3.8, 4) is 0 Å². The van der Waals surface area contributed by atoms with Crippen LogP contribution < -0.4 is 16.4 Å². The third-order valence-electron chi connectivity index (χ3n) is 2.86. The largest absolute Gasteiger partial charge is 0.373 e. The van der Waals surface area contributed by atoms with Crippen LogP contribution in [0, 0.1) is 19.3 Å². The van der Waals surface area contributed by atoms with E-state index >= 15 is 0 Å². The maximum absolute atomic E-state index is 11.3. The van der Waals surface area contributed by atoms with Gasteiger partial charge in [-0.3, -0.25) is 4.79 Å². The molecule has 1 rings (SSSR count). The Balaban J connectivity index is 2.92. The average Bonchev–Trinajstić information content (AvgIpc) is 2.29. The van der Waals surface area contributed by atoms with Crippen molar-refractivity contribution in [2.24, 2.45) is 11.1 Å². The lowest BCUT2D eigenvalue weighted by atomic mass is 9.93. The fraction of sp³-hybridized carbons (Fsp3) is 0.583. The molecule has 0 bridgehead atoms. The molecular weight excluding hydrogens is 230 g/mol. The molecule has 0 saturated carbocycles. The van der Waals surface area contributed by atoms with E-state index in [2.05, 4.69) is 20.6 Å². The van der Waals surface area contributed by atoms with Crippen LogP contribution in [0.15, 0.2) is 0 Å². The Kier molecular flexibility index (Phi) is 4.11. The zero-order valence-corrected chi connectivity index (χ0v) is 11.6. The lowest BCUT2D eigenvalue weighted by Gasteiger charge is -2.22. The maximum Gasteiger partial charge on any atom is 0.224 e. The number of amides is 1. The van der Waals surface area contributed by atoms with Crippen molar-refractivity contribution >= 4 is 17.5 Å². The summed E-state index contributed by atoms with van der Waals surface area (Å²) in [6, 6.07) is 0. The van der Waals surface area contributed by atoms with Gasteiger partial charge in [0.05, 0.1) is 5.41 Å². The van der Waals surface area contributed by atoms with Crippen LogP contribution in [-0.4, -0.2) is 29.5 Å². The molecule has 0 aliphatic rings. The van der Waals surface area contributed by atoms with E-state index in [0.717, 1.165) is 17.2 Å². The van der Waals surface area contributed by atoms with Crippen molar-refractivity contribution in [3.05, 3.63) is 11.4 Å². The molecule has 0 fully saturated rings. The van der Waals surface area contributed by atoms with Crippen LogP contribution in [0.4, 0.5) is 11.6 Å². The van der Waals surface area contributed by atoms with Gasteiger partial charge in [-0.25, -0.2) is 9.97 Å². The van der Waals surface area contributed by atoms with Crippen molar-refractivity contribution in [1.82, 2.24) is 9.97 Å². The number of aromatic nitrogens is 2. The number of hydrogen-bond donors (Lipinski definition) is 3. The minimum absolute atomic E-state index is 0.340. The highest BCUT2D eigenvalue weighted by Gasteiger charge is 2.25. The summed E-state index contributed by atoms with van der Waals surface area (Å²) in [7, 11) is 1.81. The number of hydrogen-bond acceptors (Lipinski definition) is 5. The van der Waals surface area contributed by atoms with E-state index in [1.165, 1.54) is 0 Å². The zero-order chi connectivity index (χ0) is 13.9. The number of rotatable bonds is 5. The van der Waals surface area contributed by atoms with Gasteiger partial charge in [0, 0.05) is 19.2 Å². The molecule has 0 aliphatic carbocycles. The predicted octanol–water partition coefficient (Wildman–Crippen LogP) is 1.06. The van der Waals surface area contributed by atoms with Crippen LogP contribution in [0.5, 0.6) is 0 Å². The fourth-order valence-corrected chi connectivity index (χ4v) is 1.44. The highest BCUT2D eigenvalue weighted by molar-refractivity contribution is 5.80. The molecule has 6 heteroatoms. The molecule has 18 heavy (non-hydrogen) atoms. The summed E-state index contributed by atoms with van der Waals surface area (Å²) >= 11 is 0. The number of aryl methyl sites for hydroxylation is 1. The van der Waals surface area contributed by atoms with E-state index < -0.39 is 5.41 Å². The Morgan fingerprint density at radius 2 is 1.83 bits per heavy atom. The first kappa shape index (κ1) is 14.2. The quantitative estimate of drug-likeness (QED) is 0.727. The third-order valence-corrected chi connectivity index (χ3v) is 2.86. The summed E-state index contributed by atoms with van der Waals surface area (Å²) in [5, 5.41) is 6.17. The van der Waals surface area contributed by atoms with Crippen LogP contribution in [-0.2, 0) is 4.79 Å². The summed E-state index contributed by atoms with van der Waals surface area (Å²) in [5.74, 6) is 1.83. The number of nitrogens with one attached hydrogen (secondary N) is 2. The normalized spacial score (nSPS) is 11.2. The van der Waals surface area contributed by atoms with Crippen molar-refractivity contribution in [2.75, 3.05) is 24.2 Å². The fourth-order valence-electron chi connectivity index (χ4n) is 1.44. The van der Waals surface area contributed by atoms with E-state index in [-0.39, 0.29) is 5.91 Å². The van der Waals surface area contributed by atoms with Gasteiger partial charge in [0.15, 0.2) is 0 Å². The molecule has 0 spiro atoms. The molecule has 6 nitrogen and oxygen atoms in total. The monoisotopic (exact) mass is 251 g/mol. The zero-order valence-electron chi connectivity index (χ0n) is 11.6.